The van der Waals surface area contributed by atoms with Crippen molar-refractivity contribution in [3.8, 4) is 5.75 Å². The van der Waals surface area contributed by atoms with Crippen LogP contribution in [0, 0.1) is 0 Å². The van der Waals surface area contributed by atoms with Crippen molar-refractivity contribution >= 4 is 28.8 Å². The second-order valence-electron chi connectivity index (χ2n) is 4.86. The number of ether oxygens (including phenoxy) is 1. The third kappa shape index (κ3) is 6.62. The largest absolute Gasteiger partial charge is 0.482 e. The van der Waals surface area contributed by atoms with E-state index in [1.165, 1.54) is 0 Å². The van der Waals surface area contributed by atoms with E-state index in [4.69, 9.17) is 9.84 Å². The molecule has 0 aliphatic carbocycles. The molecule has 0 radical (unpaired) electrons. The summed E-state index contributed by atoms with van der Waals surface area (Å²) >= 11 is 1.00. The molecule has 0 atom stereocenters. The molecule has 0 saturated heterocycles. The first kappa shape index (κ1) is 17.7. The van der Waals surface area contributed by atoms with E-state index >= 15 is 0 Å². The average Bonchev–Trinajstić information content (AvgIpc) is 2.60. The molecular formula is C17H18N2O4S. The summed E-state index contributed by atoms with van der Waals surface area (Å²) < 4.78 is 8.02. The summed E-state index contributed by atoms with van der Waals surface area (Å²) in [5.74, 6) is -0.504. The topological polar surface area (TPSA) is 87.7 Å². The van der Waals surface area contributed by atoms with Crippen LogP contribution in [-0.2, 0) is 11.2 Å². The van der Waals surface area contributed by atoms with E-state index in [9.17, 15) is 9.59 Å². The zero-order chi connectivity index (χ0) is 17.2. The van der Waals surface area contributed by atoms with E-state index in [1.807, 2.05) is 42.5 Å². The summed E-state index contributed by atoms with van der Waals surface area (Å²) in [6.07, 6.45) is 0.677. The fraction of sp³-hybridized carbons (Fsp3) is 0.176. The van der Waals surface area contributed by atoms with Gasteiger partial charge in [0.05, 0.1) is 0 Å². The van der Waals surface area contributed by atoms with Crippen molar-refractivity contribution in [2.75, 3.05) is 17.9 Å². The highest BCUT2D eigenvalue weighted by atomic mass is 32.2. The number of amides is 1. The molecule has 0 fully saturated rings. The zero-order valence-corrected chi connectivity index (χ0v) is 13.7. The summed E-state index contributed by atoms with van der Waals surface area (Å²) in [5, 5.41) is 11.2. The van der Waals surface area contributed by atoms with Gasteiger partial charge in [-0.1, -0.05) is 30.3 Å². The maximum atomic E-state index is 11.7. The third-order valence-corrected chi connectivity index (χ3v) is 3.67. The molecule has 0 bridgehead atoms. The van der Waals surface area contributed by atoms with Crippen LogP contribution in [0.15, 0.2) is 54.6 Å². The van der Waals surface area contributed by atoms with Gasteiger partial charge in [0.25, 0.3) is 5.24 Å². The van der Waals surface area contributed by atoms with Crippen LogP contribution in [0.2, 0.25) is 0 Å². The number of rotatable bonds is 8. The fourth-order valence-corrected chi connectivity index (χ4v) is 2.37. The number of carboxylic acids is 1. The van der Waals surface area contributed by atoms with Gasteiger partial charge in [0.15, 0.2) is 6.61 Å². The van der Waals surface area contributed by atoms with Crippen LogP contribution >= 0.6 is 11.9 Å². The van der Waals surface area contributed by atoms with Crippen molar-refractivity contribution in [2.24, 2.45) is 0 Å². The number of benzene rings is 2. The van der Waals surface area contributed by atoms with Gasteiger partial charge in [-0.15, -0.1) is 0 Å². The number of carboxylic acid groups (broad SMARTS) is 1. The number of carbonyl (C=O) groups is 2. The highest BCUT2D eigenvalue weighted by molar-refractivity contribution is 8.14. The smallest absolute Gasteiger partial charge is 0.341 e. The molecule has 0 unspecified atom stereocenters. The Morgan fingerprint density at radius 3 is 2.42 bits per heavy atom. The Bertz CT molecular complexity index is 662. The van der Waals surface area contributed by atoms with Gasteiger partial charge in [-0.05, 0) is 36.2 Å². The summed E-state index contributed by atoms with van der Waals surface area (Å²) in [6, 6.07) is 16.6. The molecule has 3 N–H and O–H groups in total. The summed E-state index contributed by atoms with van der Waals surface area (Å²) in [4.78, 5) is 22.1. The standard InChI is InChI=1S/C17H18N2O4S/c20-16(21)12-23-15-8-6-13(7-9-15)10-11-18-17(22)24-19-14-4-2-1-3-5-14/h1-9,19H,10-12H2,(H,18,22)(H,20,21). The molecule has 2 rings (SSSR count). The predicted molar refractivity (Wildman–Crippen MR) is 94.3 cm³/mol. The van der Waals surface area contributed by atoms with Gasteiger partial charge in [0, 0.05) is 24.2 Å². The molecule has 0 aliphatic heterocycles. The van der Waals surface area contributed by atoms with Gasteiger partial charge in [-0.3, -0.25) is 4.79 Å². The molecular weight excluding hydrogens is 328 g/mol. The Hall–Kier alpha value is -2.67. The number of hydrogen-bond donors (Lipinski definition) is 3. The number of nitrogens with one attached hydrogen (secondary N) is 2. The SMILES string of the molecule is O=C(O)COc1ccc(CCNC(=O)SNc2ccccc2)cc1. The van der Waals surface area contributed by atoms with Crippen LogP contribution in [0.4, 0.5) is 10.5 Å². The minimum atomic E-state index is -1.01. The maximum absolute atomic E-state index is 11.7. The lowest BCUT2D eigenvalue weighted by atomic mass is 10.1. The van der Waals surface area contributed by atoms with Crippen molar-refractivity contribution in [2.45, 2.75) is 6.42 Å². The van der Waals surface area contributed by atoms with Crippen LogP contribution in [0.1, 0.15) is 5.56 Å². The van der Waals surface area contributed by atoms with E-state index in [0.717, 1.165) is 23.2 Å². The summed E-state index contributed by atoms with van der Waals surface area (Å²) in [7, 11) is 0. The van der Waals surface area contributed by atoms with Crippen LogP contribution < -0.4 is 14.8 Å². The quantitative estimate of drug-likeness (QED) is 0.637. The second-order valence-corrected chi connectivity index (χ2v) is 5.64. The first-order valence-electron chi connectivity index (χ1n) is 7.33. The number of para-hydroxylation sites is 1. The Morgan fingerprint density at radius 1 is 1.04 bits per heavy atom. The maximum Gasteiger partial charge on any atom is 0.341 e. The highest BCUT2D eigenvalue weighted by Crippen LogP contribution is 2.13. The molecule has 2 aromatic carbocycles. The number of aliphatic carboxylic acids is 1. The van der Waals surface area contributed by atoms with Crippen LogP contribution in [0.5, 0.6) is 5.75 Å². The van der Waals surface area contributed by atoms with E-state index in [1.54, 1.807) is 12.1 Å². The zero-order valence-electron chi connectivity index (χ0n) is 12.9. The van der Waals surface area contributed by atoms with Crippen LogP contribution in [0.3, 0.4) is 0 Å². The first-order valence-corrected chi connectivity index (χ1v) is 8.14. The van der Waals surface area contributed by atoms with Crippen molar-refractivity contribution in [3.63, 3.8) is 0 Å². The third-order valence-electron chi connectivity index (χ3n) is 3.00. The molecule has 6 nitrogen and oxygen atoms in total. The minimum absolute atomic E-state index is 0.153. The van der Waals surface area contributed by atoms with Crippen LogP contribution in [-0.4, -0.2) is 29.5 Å². The fourth-order valence-electron chi connectivity index (χ4n) is 1.85. The molecule has 0 spiro atoms. The molecule has 2 aromatic rings. The normalized spacial score (nSPS) is 10.0. The lowest BCUT2D eigenvalue weighted by Crippen LogP contribution is -2.22. The number of anilines is 1. The molecule has 24 heavy (non-hydrogen) atoms. The predicted octanol–water partition coefficient (Wildman–Crippen LogP) is 3.16. The van der Waals surface area contributed by atoms with Crippen molar-refractivity contribution in [3.05, 3.63) is 60.2 Å². The van der Waals surface area contributed by atoms with Gasteiger partial charge in [0.2, 0.25) is 0 Å². The monoisotopic (exact) mass is 346 g/mol. The van der Waals surface area contributed by atoms with E-state index in [-0.39, 0.29) is 11.8 Å². The summed E-state index contributed by atoms with van der Waals surface area (Å²) in [5.41, 5.74) is 1.90. The van der Waals surface area contributed by atoms with E-state index in [2.05, 4.69) is 10.0 Å². The van der Waals surface area contributed by atoms with Crippen molar-refractivity contribution in [1.29, 1.82) is 0 Å². The Balaban J connectivity index is 1.66. The van der Waals surface area contributed by atoms with Crippen molar-refractivity contribution in [1.82, 2.24) is 5.32 Å². The molecule has 126 valence electrons. The Morgan fingerprint density at radius 2 is 1.75 bits per heavy atom. The molecule has 0 heterocycles. The lowest BCUT2D eigenvalue weighted by molar-refractivity contribution is -0.139. The van der Waals surface area contributed by atoms with Gasteiger partial charge in [-0.2, -0.15) is 0 Å². The average molecular weight is 346 g/mol. The van der Waals surface area contributed by atoms with Gasteiger partial charge < -0.3 is 19.9 Å². The van der Waals surface area contributed by atoms with Crippen LogP contribution in [0.25, 0.3) is 0 Å². The number of carbonyl (C=O) groups excluding carboxylic acids is 1. The molecule has 7 heteroatoms. The summed E-state index contributed by atoms with van der Waals surface area (Å²) in [6.45, 7) is 0.151. The second kappa shape index (κ2) is 9.46. The molecule has 0 aromatic heterocycles. The van der Waals surface area contributed by atoms with Gasteiger partial charge in [-0.25, -0.2) is 4.79 Å². The molecule has 0 saturated carbocycles. The van der Waals surface area contributed by atoms with Crippen molar-refractivity contribution < 1.29 is 19.4 Å². The Labute approximate surface area is 144 Å². The minimum Gasteiger partial charge on any atom is -0.482 e. The highest BCUT2D eigenvalue weighted by Gasteiger charge is 2.03. The first-order chi connectivity index (χ1) is 11.6. The Kier molecular flexibility index (Phi) is 6.97. The molecule has 1 amide bonds. The lowest BCUT2D eigenvalue weighted by Gasteiger charge is -2.07. The molecule has 0 aliphatic rings. The van der Waals surface area contributed by atoms with Gasteiger partial charge in [0.1, 0.15) is 5.75 Å². The van der Waals surface area contributed by atoms with Gasteiger partial charge >= 0.3 is 5.97 Å². The van der Waals surface area contributed by atoms with E-state index < -0.39 is 5.97 Å². The van der Waals surface area contributed by atoms with E-state index in [0.29, 0.717) is 18.7 Å². The number of hydrogen-bond acceptors (Lipinski definition) is 5.